The lowest BCUT2D eigenvalue weighted by atomic mass is 10.0. The van der Waals surface area contributed by atoms with Crippen molar-refractivity contribution in [1.82, 2.24) is 4.98 Å². The summed E-state index contributed by atoms with van der Waals surface area (Å²) in [6.45, 7) is 3.61. The van der Waals surface area contributed by atoms with Crippen LogP contribution in [0.1, 0.15) is 36.6 Å². The highest BCUT2D eigenvalue weighted by Gasteiger charge is 2.29. The summed E-state index contributed by atoms with van der Waals surface area (Å²) in [7, 11) is 0. The molecule has 1 aliphatic heterocycles. The Bertz CT molecular complexity index is 544. The zero-order valence-electron chi connectivity index (χ0n) is 11.8. The normalized spacial score (nSPS) is 22.9. The van der Waals surface area contributed by atoms with Crippen LogP contribution >= 0.6 is 12.2 Å². The quantitative estimate of drug-likeness (QED) is 0.825. The Labute approximate surface area is 125 Å². The van der Waals surface area contributed by atoms with Crippen molar-refractivity contribution in [3.8, 4) is 0 Å². The molecule has 1 aliphatic carbocycles. The fourth-order valence-electron chi connectivity index (χ4n) is 3.26. The monoisotopic (exact) mass is 291 g/mol. The lowest BCUT2D eigenvalue weighted by Crippen LogP contribution is -2.27. The van der Waals surface area contributed by atoms with Crippen LogP contribution < -0.4 is 10.6 Å². The van der Waals surface area contributed by atoms with Crippen LogP contribution in [0.4, 0.5) is 5.82 Å². The van der Waals surface area contributed by atoms with Crippen LogP contribution in [0.15, 0.2) is 6.07 Å². The molecule has 1 aromatic heterocycles. The minimum atomic E-state index is -0.275. The van der Waals surface area contributed by atoms with E-state index in [9.17, 15) is 5.11 Å². The molecule has 108 valence electrons. The van der Waals surface area contributed by atoms with E-state index in [0.29, 0.717) is 10.9 Å². The van der Waals surface area contributed by atoms with Crippen LogP contribution in [0.25, 0.3) is 0 Å². The van der Waals surface area contributed by atoms with Crippen LogP contribution in [0.3, 0.4) is 0 Å². The Balaban J connectivity index is 1.94. The Morgan fingerprint density at radius 1 is 1.55 bits per heavy atom. The number of aryl methyl sites for hydroxylation is 2. The van der Waals surface area contributed by atoms with E-state index < -0.39 is 0 Å². The van der Waals surface area contributed by atoms with Crippen molar-refractivity contribution in [1.29, 1.82) is 0 Å². The first kappa shape index (κ1) is 13.8. The van der Waals surface area contributed by atoms with E-state index in [2.05, 4.69) is 11.0 Å². The lowest BCUT2D eigenvalue weighted by molar-refractivity contribution is 0.136. The zero-order chi connectivity index (χ0) is 14.3. The third-order valence-electron chi connectivity index (χ3n) is 4.50. The number of aromatic nitrogens is 1. The average Bonchev–Trinajstić information content (AvgIpc) is 3.05. The maximum absolute atomic E-state index is 9.75. The molecule has 2 heterocycles. The van der Waals surface area contributed by atoms with Crippen molar-refractivity contribution in [2.45, 2.75) is 38.7 Å². The number of anilines is 1. The second-order valence-corrected chi connectivity index (χ2v) is 6.36. The summed E-state index contributed by atoms with van der Waals surface area (Å²) >= 11 is 5.20. The van der Waals surface area contributed by atoms with Gasteiger partial charge in [0.05, 0.1) is 11.7 Å². The molecular weight excluding hydrogens is 270 g/mol. The molecule has 2 unspecified atom stereocenters. The molecule has 20 heavy (non-hydrogen) atoms. The molecule has 2 atom stereocenters. The minimum Gasteiger partial charge on any atom is -0.393 e. The van der Waals surface area contributed by atoms with Crippen molar-refractivity contribution >= 4 is 23.0 Å². The molecule has 3 N–H and O–H groups in total. The number of hydrogen-bond donors (Lipinski definition) is 2. The maximum atomic E-state index is 9.75. The molecule has 1 fully saturated rings. The Morgan fingerprint density at radius 3 is 3.00 bits per heavy atom. The fourth-order valence-corrected chi connectivity index (χ4v) is 3.41. The van der Waals surface area contributed by atoms with Gasteiger partial charge in [-0.1, -0.05) is 12.2 Å². The second kappa shape index (κ2) is 5.30. The van der Waals surface area contributed by atoms with Crippen molar-refractivity contribution in [3.63, 3.8) is 0 Å². The van der Waals surface area contributed by atoms with Gasteiger partial charge in [0.2, 0.25) is 0 Å². The summed E-state index contributed by atoms with van der Waals surface area (Å²) in [4.78, 5) is 7.47. The van der Waals surface area contributed by atoms with Gasteiger partial charge in [0, 0.05) is 24.7 Å². The van der Waals surface area contributed by atoms with Gasteiger partial charge >= 0.3 is 0 Å². The summed E-state index contributed by atoms with van der Waals surface area (Å²) in [5, 5.41) is 9.75. The standard InChI is InChI=1S/C15H21N3OS/c1-9(19)11-5-6-18(8-11)15-12(14(16)20)7-10-3-2-4-13(10)17-15/h7,9,11,19H,2-6,8H2,1H3,(H2,16,20). The van der Waals surface area contributed by atoms with Crippen molar-refractivity contribution < 1.29 is 5.11 Å². The molecule has 4 nitrogen and oxygen atoms in total. The van der Waals surface area contributed by atoms with E-state index in [-0.39, 0.29) is 6.10 Å². The van der Waals surface area contributed by atoms with Gasteiger partial charge in [-0.25, -0.2) is 4.98 Å². The second-order valence-electron chi connectivity index (χ2n) is 5.92. The summed E-state index contributed by atoms with van der Waals surface area (Å²) < 4.78 is 0. The van der Waals surface area contributed by atoms with Gasteiger partial charge in [0.1, 0.15) is 10.8 Å². The molecule has 0 aromatic carbocycles. The van der Waals surface area contributed by atoms with Crippen molar-refractivity contribution in [2.75, 3.05) is 18.0 Å². The van der Waals surface area contributed by atoms with Crippen LogP contribution in [0.2, 0.25) is 0 Å². The van der Waals surface area contributed by atoms with Crippen LogP contribution in [0.5, 0.6) is 0 Å². The Hall–Kier alpha value is -1.20. The summed E-state index contributed by atoms with van der Waals surface area (Å²) in [5.41, 5.74) is 9.27. The summed E-state index contributed by atoms with van der Waals surface area (Å²) in [6.07, 6.45) is 4.01. The number of hydrogen-bond acceptors (Lipinski definition) is 4. The van der Waals surface area contributed by atoms with E-state index in [1.165, 1.54) is 17.7 Å². The minimum absolute atomic E-state index is 0.275. The molecule has 5 heteroatoms. The number of pyridine rings is 1. The number of aliphatic hydroxyl groups is 1. The zero-order valence-corrected chi connectivity index (χ0v) is 12.6. The van der Waals surface area contributed by atoms with Gasteiger partial charge in [-0.2, -0.15) is 0 Å². The first-order valence-corrected chi connectivity index (χ1v) is 7.72. The molecular formula is C15H21N3OS. The molecule has 0 radical (unpaired) electrons. The third kappa shape index (κ3) is 2.40. The molecule has 0 amide bonds. The third-order valence-corrected chi connectivity index (χ3v) is 4.72. The number of rotatable bonds is 3. The number of thiocarbonyl (C=S) groups is 1. The van der Waals surface area contributed by atoms with Crippen molar-refractivity contribution in [3.05, 3.63) is 22.9 Å². The van der Waals surface area contributed by atoms with Gasteiger partial charge in [0.15, 0.2) is 0 Å². The Kier molecular flexibility index (Phi) is 3.65. The maximum Gasteiger partial charge on any atom is 0.139 e. The van der Waals surface area contributed by atoms with E-state index in [1.54, 1.807) is 0 Å². The van der Waals surface area contributed by atoms with Crippen LogP contribution in [-0.2, 0) is 12.8 Å². The predicted molar refractivity (Wildman–Crippen MR) is 84.2 cm³/mol. The first-order chi connectivity index (χ1) is 9.56. The van der Waals surface area contributed by atoms with E-state index in [1.807, 2.05) is 6.92 Å². The van der Waals surface area contributed by atoms with E-state index in [0.717, 1.165) is 43.7 Å². The predicted octanol–water partition coefficient (Wildman–Crippen LogP) is 1.41. The highest BCUT2D eigenvalue weighted by atomic mass is 32.1. The van der Waals surface area contributed by atoms with Gasteiger partial charge in [-0.05, 0) is 44.2 Å². The molecule has 0 bridgehead atoms. The Morgan fingerprint density at radius 2 is 2.35 bits per heavy atom. The van der Waals surface area contributed by atoms with Gasteiger partial charge in [-0.15, -0.1) is 0 Å². The van der Waals surface area contributed by atoms with Gasteiger partial charge < -0.3 is 15.7 Å². The highest BCUT2D eigenvalue weighted by Crippen LogP contribution is 2.31. The van der Waals surface area contributed by atoms with Crippen LogP contribution in [-0.4, -0.2) is 34.3 Å². The molecule has 1 saturated heterocycles. The average molecular weight is 291 g/mol. The highest BCUT2D eigenvalue weighted by molar-refractivity contribution is 7.80. The SMILES string of the molecule is CC(O)C1CCN(c2nc3c(cc2C(N)=S)CCC3)C1. The van der Waals surface area contributed by atoms with E-state index >= 15 is 0 Å². The number of nitrogens with two attached hydrogens (primary N) is 1. The number of fused-ring (bicyclic) bond motifs is 1. The summed E-state index contributed by atoms with van der Waals surface area (Å²) in [6, 6.07) is 2.13. The van der Waals surface area contributed by atoms with E-state index in [4.69, 9.17) is 22.9 Å². The first-order valence-electron chi connectivity index (χ1n) is 7.32. The van der Waals surface area contributed by atoms with Crippen molar-refractivity contribution in [2.24, 2.45) is 11.7 Å². The topological polar surface area (TPSA) is 62.4 Å². The molecule has 2 aliphatic rings. The number of aliphatic hydroxyl groups excluding tert-OH is 1. The molecule has 1 aromatic rings. The van der Waals surface area contributed by atoms with Crippen LogP contribution in [0, 0.1) is 5.92 Å². The van der Waals surface area contributed by atoms with Gasteiger partial charge in [-0.3, -0.25) is 0 Å². The summed E-state index contributed by atoms with van der Waals surface area (Å²) in [5.74, 6) is 1.23. The number of nitrogens with zero attached hydrogens (tertiary/aromatic N) is 2. The molecule has 3 rings (SSSR count). The lowest BCUT2D eigenvalue weighted by Gasteiger charge is -2.22. The largest absolute Gasteiger partial charge is 0.393 e. The van der Waals surface area contributed by atoms with Gasteiger partial charge in [0.25, 0.3) is 0 Å². The smallest absolute Gasteiger partial charge is 0.139 e. The fraction of sp³-hybridized carbons (Fsp3) is 0.600. The molecule has 0 spiro atoms. The molecule has 0 saturated carbocycles.